The van der Waals surface area contributed by atoms with Crippen molar-refractivity contribution in [2.24, 2.45) is 0 Å². The van der Waals surface area contributed by atoms with Gasteiger partial charge >= 0.3 is 29.6 Å². The number of carbonyl (C=O) groups is 1. The molecule has 0 spiro atoms. The van der Waals surface area contributed by atoms with Gasteiger partial charge in [-0.1, -0.05) is 11.6 Å². The second-order valence-corrected chi connectivity index (χ2v) is 3.01. The van der Waals surface area contributed by atoms with E-state index in [1.165, 1.54) is 0 Å². The van der Waals surface area contributed by atoms with Crippen molar-refractivity contribution >= 4 is 17.6 Å². The molecule has 0 aliphatic carbocycles. The third-order valence-electron chi connectivity index (χ3n) is 1.48. The quantitative estimate of drug-likeness (QED) is 0.527. The number of hydrogen-bond donors (Lipinski definition) is 0. The molecule has 0 heterocycles. The first-order valence-electron chi connectivity index (χ1n) is 3.68. The average molecular weight is 241 g/mol. The molecule has 0 atom stereocenters. The Morgan fingerprint density at radius 2 is 2.13 bits per heavy atom. The monoisotopic (exact) mass is 240 g/mol. The molecule has 1 rings (SSSR count). The molecule has 0 aliphatic heterocycles. The topological polar surface area (TPSA) is 80.9 Å². The van der Waals surface area contributed by atoms with Gasteiger partial charge in [0, 0.05) is 5.02 Å². The summed E-state index contributed by atoms with van der Waals surface area (Å²) in [6, 6.07) is 4.96. The number of aliphatic carboxylic acids is 1. The Balaban J connectivity index is 0. The summed E-state index contributed by atoms with van der Waals surface area (Å²) in [5.74, 6) is -0.733. The first kappa shape index (κ1) is 17.1. The van der Waals surface area contributed by atoms with Gasteiger partial charge in [0.25, 0.3) is 0 Å². The van der Waals surface area contributed by atoms with Crippen LogP contribution in [0.25, 0.3) is 0 Å². The standard InChI is InChI=1S/C9H9ClO3.Na.H2O/c1-6-4-7(10)2-3-8(6)13-5-9(11)12;;/h2-4H,5H2,1H3,(H,11,12);;1H2/q;+1;/p-1. The molecule has 1 aromatic carbocycles. The van der Waals surface area contributed by atoms with Gasteiger partial charge in [0.05, 0.1) is 5.97 Å². The van der Waals surface area contributed by atoms with E-state index in [0.717, 1.165) is 5.56 Å². The SMILES string of the molecule is Cc1cc(Cl)ccc1OCC(=O)[O-].O.[Na+]. The van der Waals surface area contributed by atoms with Crippen molar-refractivity contribution in [3.63, 3.8) is 0 Å². The van der Waals surface area contributed by atoms with Gasteiger partial charge in [0.15, 0.2) is 0 Å². The molecule has 0 radical (unpaired) electrons. The van der Waals surface area contributed by atoms with Crippen LogP contribution in [0.2, 0.25) is 5.02 Å². The average Bonchev–Trinajstić information content (AvgIpc) is 2.02. The first-order valence-corrected chi connectivity index (χ1v) is 4.06. The fraction of sp³-hybridized carbons (Fsp3) is 0.222. The van der Waals surface area contributed by atoms with Gasteiger partial charge in [-0.25, -0.2) is 0 Å². The second-order valence-electron chi connectivity index (χ2n) is 2.57. The van der Waals surface area contributed by atoms with Crippen molar-refractivity contribution in [2.45, 2.75) is 6.92 Å². The minimum atomic E-state index is -1.24. The van der Waals surface area contributed by atoms with Crippen molar-refractivity contribution in [2.75, 3.05) is 6.61 Å². The normalized spacial score (nSPS) is 8.40. The number of rotatable bonds is 3. The Labute approximate surface area is 115 Å². The van der Waals surface area contributed by atoms with Crippen molar-refractivity contribution in [1.29, 1.82) is 0 Å². The summed E-state index contributed by atoms with van der Waals surface area (Å²) in [5.41, 5.74) is 0.800. The van der Waals surface area contributed by atoms with Crippen molar-refractivity contribution in [3.8, 4) is 5.75 Å². The van der Waals surface area contributed by atoms with Crippen LogP contribution in [-0.4, -0.2) is 18.1 Å². The summed E-state index contributed by atoms with van der Waals surface area (Å²) < 4.78 is 4.93. The van der Waals surface area contributed by atoms with Crippen LogP contribution in [0.4, 0.5) is 0 Å². The molecule has 0 amide bonds. The largest absolute Gasteiger partial charge is 1.00 e. The third-order valence-corrected chi connectivity index (χ3v) is 1.72. The van der Waals surface area contributed by atoms with Gasteiger partial charge in [-0.2, -0.15) is 0 Å². The minimum absolute atomic E-state index is 0. The van der Waals surface area contributed by atoms with E-state index in [1.807, 2.05) is 0 Å². The van der Waals surface area contributed by atoms with E-state index in [9.17, 15) is 9.90 Å². The fourth-order valence-corrected chi connectivity index (χ4v) is 1.14. The number of carbonyl (C=O) groups excluding carboxylic acids is 1. The van der Waals surface area contributed by atoms with E-state index in [0.29, 0.717) is 10.8 Å². The molecule has 0 aliphatic rings. The molecular formula is C9H10ClNaO4. The van der Waals surface area contributed by atoms with Gasteiger partial charge in [0.1, 0.15) is 12.4 Å². The molecule has 0 fully saturated rings. The molecule has 4 nitrogen and oxygen atoms in total. The summed E-state index contributed by atoms with van der Waals surface area (Å²) in [6.45, 7) is 1.35. The Morgan fingerprint density at radius 1 is 1.53 bits per heavy atom. The summed E-state index contributed by atoms with van der Waals surface area (Å²) in [7, 11) is 0. The zero-order valence-electron chi connectivity index (χ0n) is 8.54. The number of hydrogen-bond acceptors (Lipinski definition) is 3. The Kier molecular flexibility index (Phi) is 9.10. The van der Waals surface area contributed by atoms with E-state index in [-0.39, 0.29) is 35.0 Å². The molecule has 1 aromatic rings. The molecule has 6 heteroatoms. The molecule has 0 unspecified atom stereocenters. The van der Waals surface area contributed by atoms with E-state index >= 15 is 0 Å². The van der Waals surface area contributed by atoms with Crippen LogP contribution in [-0.2, 0) is 4.79 Å². The number of carboxylic acids is 1. The van der Waals surface area contributed by atoms with Gasteiger partial charge in [-0.05, 0) is 30.7 Å². The van der Waals surface area contributed by atoms with Gasteiger partial charge in [-0.3, -0.25) is 0 Å². The molecular weight excluding hydrogens is 231 g/mol. The summed E-state index contributed by atoms with van der Waals surface area (Å²) >= 11 is 5.70. The maximum Gasteiger partial charge on any atom is 1.00 e. The molecule has 0 bridgehead atoms. The van der Waals surface area contributed by atoms with Crippen LogP contribution < -0.4 is 39.4 Å². The van der Waals surface area contributed by atoms with Crippen LogP contribution in [0.5, 0.6) is 5.75 Å². The third kappa shape index (κ3) is 6.02. The number of aryl methyl sites for hydroxylation is 1. The first-order chi connectivity index (χ1) is 6.09. The number of carboxylic acid groups (broad SMARTS) is 1. The predicted octanol–water partition coefficient (Wildman–Crippen LogP) is -3.04. The molecule has 15 heavy (non-hydrogen) atoms. The molecule has 0 aromatic heterocycles. The van der Waals surface area contributed by atoms with Crippen molar-refractivity contribution in [3.05, 3.63) is 28.8 Å². The summed E-state index contributed by atoms with van der Waals surface area (Å²) in [5, 5.41) is 10.7. The fourth-order valence-electron chi connectivity index (χ4n) is 0.911. The summed E-state index contributed by atoms with van der Waals surface area (Å²) in [6.07, 6.45) is 0. The van der Waals surface area contributed by atoms with Crippen molar-refractivity contribution < 1.29 is 49.7 Å². The molecule has 0 saturated carbocycles. The van der Waals surface area contributed by atoms with Crippen LogP contribution >= 0.6 is 11.6 Å². The minimum Gasteiger partial charge on any atom is -0.546 e. The molecule has 0 saturated heterocycles. The molecule has 78 valence electrons. The Morgan fingerprint density at radius 3 is 2.60 bits per heavy atom. The summed E-state index contributed by atoms with van der Waals surface area (Å²) in [4.78, 5) is 10.1. The van der Waals surface area contributed by atoms with Crippen LogP contribution in [0.3, 0.4) is 0 Å². The smallest absolute Gasteiger partial charge is 0.546 e. The van der Waals surface area contributed by atoms with E-state index in [4.69, 9.17) is 16.3 Å². The van der Waals surface area contributed by atoms with Crippen molar-refractivity contribution in [1.82, 2.24) is 0 Å². The van der Waals surface area contributed by atoms with Gasteiger partial charge in [0.2, 0.25) is 0 Å². The predicted molar refractivity (Wildman–Crippen MR) is 50.3 cm³/mol. The van der Waals surface area contributed by atoms with E-state index in [2.05, 4.69) is 0 Å². The second kappa shape index (κ2) is 7.96. The van der Waals surface area contributed by atoms with Crippen LogP contribution in [0, 0.1) is 6.92 Å². The zero-order valence-corrected chi connectivity index (χ0v) is 11.3. The van der Waals surface area contributed by atoms with Gasteiger partial charge in [-0.15, -0.1) is 0 Å². The molecule has 2 N–H and O–H groups in total. The number of benzene rings is 1. The number of ether oxygens (including phenoxy) is 1. The zero-order chi connectivity index (χ0) is 9.84. The van der Waals surface area contributed by atoms with E-state index < -0.39 is 12.6 Å². The van der Waals surface area contributed by atoms with Crippen LogP contribution in [0.1, 0.15) is 5.56 Å². The van der Waals surface area contributed by atoms with E-state index in [1.54, 1.807) is 25.1 Å². The maximum atomic E-state index is 10.1. The maximum absolute atomic E-state index is 10.1. The van der Waals surface area contributed by atoms with Gasteiger partial charge < -0.3 is 20.1 Å². The number of halogens is 1. The Bertz CT molecular complexity index is 330. The Hall–Kier alpha value is -0.260. The van der Waals surface area contributed by atoms with Crippen LogP contribution in [0.15, 0.2) is 18.2 Å².